The highest BCUT2D eigenvalue weighted by Gasteiger charge is 2.05. The number of hydrogen-bond acceptors (Lipinski definition) is 3. The maximum Gasteiger partial charge on any atom is 0.129 e. The second-order valence-corrected chi connectivity index (χ2v) is 4.82. The zero-order valence-corrected chi connectivity index (χ0v) is 11.4. The zero-order valence-electron chi connectivity index (χ0n) is 11.4. The molecule has 0 amide bonds. The van der Waals surface area contributed by atoms with Crippen molar-refractivity contribution in [2.45, 2.75) is 27.3 Å². The van der Waals surface area contributed by atoms with Gasteiger partial charge in [0.05, 0.1) is 0 Å². The molecule has 0 atom stereocenters. The number of benzene rings is 1. The molecule has 0 spiro atoms. The average Bonchev–Trinajstić information content (AvgIpc) is 2.37. The minimum Gasteiger partial charge on any atom is -0.398 e. The molecule has 4 heteroatoms. The third-order valence-electron chi connectivity index (χ3n) is 3.11. The van der Waals surface area contributed by atoms with Crippen LogP contribution in [0.5, 0.6) is 0 Å². The summed E-state index contributed by atoms with van der Waals surface area (Å²) in [4.78, 5) is 4.25. The Hall–Kier alpha value is -2.10. The van der Waals surface area contributed by atoms with Gasteiger partial charge in [-0.2, -0.15) is 0 Å². The highest BCUT2D eigenvalue weighted by atomic mass is 19.1. The normalized spacial score (nSPS) is 10.5. The zero-order chi connectivity index (χ0) is 14.0. The number of nitrogen functional groups attached to an aromatic ring is 1. The van der Waals surface area contributed by atoms with Gasteiger partial charge in [-0.3, -0.25) is 0 Å². The van der Waals surface area contributed by atoms with Crippen molar-refractivity contribution in [2.24, 2.45) is 0 Å². The Morgan fingerprint density at radius 1 is 1.11 bits per heavy atom. The van der Waals surface area contributed by atoms with E-state index in [0.29, 0.717) is 23.4 Å². The fraction of sp³-hybridized carbons (Fsp3) is 0.267. The van der Waals surface area contributed by atoms with E-state index in [4.69, 9.17) is 5.73 Å². The van der Waals surface area contributed by atoms with Gasteiger partial charge < -0.3 is 11.1 Å². The van der Waals surface area contributed by atoms with Gasteiger partial charge in [-0.05, 0) is 43.0 Å². The van der Waals surface area contributed by atoms with Crippen LogP contribution in [0.2, 0.25) is 0 Å². The lowest BCUT2D eigenvalue weighted by Crippen LogP contribution is -2.04. The Labute approximate surface area is 112 Å². The second-order valence-electron chi connectivity index (χ2n) is 4.82. The molecule has 0 bridgehead atoms. The van der Waals surface area contributed by atoms with Crippen molar-refractivity contribution in [1.29, 1.82) is 0 Å². The first-order chi connectivity index (χ1) is 8.97. The summed E-state index contributed by atoms with van der Waals surface area (Å²) >= 11 is 0. The Morgan fingerprint density at radius 3 is 2.32 bits per heavy atom. The molecule has 0 aliphatic carbocycles. The van der Waals surface area contributed by atoms with Crippen LogP contribution in [0.15, 0.2) is 24.4 Å². The predicted molar refractivity (Wildman–Crippen MR) is 76.6 cm³/mol. The first kappa shape index (κ1) is 13.3. The number of anilines is 2. The van der Waals surface area contributed by atoms with Crippen LogP contribution in [0, 0.1) is 26.6 Å². The van der Waals surface area contributed by atoms with E-state index in [1.54, 1.807) is 26.1 Å². The molecule has 2 aromatic rings. The SMILES string of the molecule is Cc1cnc(NCc2cc(C)c(F)c(C)c2)cc1N. The molecule has 0 fully saturated rings. The number of aryl methyl sites for hydroxylation is 3. The number of aromatic nitrogens is 1. The van der Waals surface area contributed by atoms with Crippen LogP contribution in [0.4, 0.5) is 15.9 Å². The van der Waals surface area contributed by atoms with Gasteiger partial charge in [0.25, 0.3) is 0 Å². The summed E-state index contributed by atoms with van der Waals surface area (Å²) in [5, 5.41) is 3.19. The first-order valence-corrected chi connectivity index (χ1v) is 6.19. The van der Waals surface area contributed by atoms with Crippen molar-refractivity contribution in [3.63, 3.8) is 0 Å². The molecule has 1 aromatic carbocycles. The van der Waals surface area contributed by atoms with Gasteiger partial charge in [0.1, 0.15) is 11.6 Å². The van der Waals surface area contributed by atoms with E-state index in [1.807, 2.05) is 19.1 Å². The molecule has 0 radical (unpaired) electrons. The molecule has 1 aromatic heterocycles. The predicted octanol–water partition coefficient (Wildman–Crippen LogP) is 3.34. The number of pyridine rings is 1. The van der Waals surface area contributed by atoms with Crippen LogP contribution < -0.4 is 11.1 Å². The Balaban J connectivity index is 2.12. The van der Waals surface area contributed by atoms with Gasteiger partial charge in [-0.25, -0.2) is 9.37 Å². The number of halogens is 1. The summed E-state index contributed by atoms with van der Waals surface area (Å²) in [6, 6.07) is 5.48. The van der Waals surface area contributed by atoms with Gasteiger partial charge in [0.2, 0.25) is 0 Å². The highest BCUT2D eigenvalue weighted by molar-refractivity contribution is 5.53. The van der Waals surface area contributed by atoms with Crippen LogP contribution in [-0.4, -0.2) is 4.98 Å². The number of hydrogen-bond donors (Lipinski definition) is 2. The molecular formula is C15H18FN3. The largest absolute Gasteiger partial charge is 0.398 e. The minimum absolute atomic E-state index is 0.138. The average molecular weight is 259 g/mol. The molecule has 0 aliphatic rings. The van der Waals surface area contributed by atoms with E-state index in [-0.39, 0.29) is 5.82 Å². The van der Waals surface area contributed by atoms with Crippen LogP contribution in [0.3, 0.4) is 0 Å². The molecule has 0 aliphatic heterocycles. The maximum absolute atomic E-state index is 13.5. The lowest BCUT2D eigenvalue weighted by atomic mass is 10.1. The van der Waals surface area contributed by atoms with E-state index in [0.717, 1.165) is 16.9 Å². The molecule has 0 unspecified atom stereocenters. The fourth-order valence-corrected chi connectivity index (χ4v) is 1.97. The fourth-order valence-electron chi connectivity index (χ4n) is 1.97. The third-order valence-corrected chi connectivity index (χ3v) is 3.11. The summed E-state index contributed by atoms with van der Waals surface area (Å²) in [6.45, 7) is 6.05. The molecule has 0 saturated carbocycles. The first-order valence-electron chi connectivity index (χ1n) is 6.19. The Morgan fingerprint density at radius 2 is 1.74 bits per heavy atom. The topological polar surface area (TPSA) is 50.9 Å². The van der Waals surface area contributed by atoms with Crippen molar-refractivity contribution in [3.05, 3.63) is 52.5 Å². The molecular weight excluding hydrogens is 241 g/mol. The van der Waals surface area contributed by atoms with Gasteiger partial charge in [0.15, 0.2) is 0 Å². The van der Waals surface area contributed by atoms with Crippen molar-refractivity contribution in [3.8, 4) is 0 Å². The highest BCUT2D eigenvalue weighted by Crippen LogP contribution is 2.17. The smallest absolute Gasteiger partial charge is 0.129 e. The van der Waals surface area contributed by atoms with E-state index >= 15 is 0 Å². The maximum atomic E-state index is 13.5. The summed E-state index contributed by atoms with van der Waals surface area (Å²) in [5.41, 5.74) is 9.84. The van der Waals surface area contributed by atoms with Gasteiger partial charge >= 0.3 is 0 Å². The lowest BCUT2D eigenvalue weighted by Gasteiger charge is -2.10. The van der Waals surface area contributed by atoms with Crippen LogP contribution in [0.1, 0.15) is 22.3 Å². The second kappa shape index (κ2) is 5.26. The molecule has 0 saturated heterocycles. The number of nitrogens with zero attached hydrogens (tertiary/aromatic N) is 1. The number of nitrogens with one attached hydrogen (secondary N) is 1. The van der Waals surface area contributed by atoms with Crippen molar-refractivity contribution in [1.82, 2.24) is 4.98 Å². The standard InChI is InChI=1S/C15H18FN3/c1-9-4-12(5-10(2)15(9)16)8-19-14-6-13(17)11(3)7-18-14/h4-7H,8H2,1-3H3,(H3,17,18,19). The van der Waals surface area contributed by atoms with Crippen LogP contribution >= 0.6 is 0 Å². The minimum atomic E-state index is -0.138. The molecule has 100 valence electrons. The van der Waals surface area contributed by atoms with Gasteiger partial charge in [-0.1, -0.05) is 12.1 Å². The summed E-state index contributed by atoms with van der Waals surface area (Å²) in [5.74, 6) is 0.587. The van der Waals surface area contributed by atoms with Gasteiger partial charge in [-0.15, -0.1) is 0 Å². The Bertz CT molecular complexity index is 585. The van der Waals surface area contributed by atoms with E-state index in [9.17, 15) is 4.39 Å². The monoisotopic (exact) mass is 259 g/mol. The summed E-state index contributed by atoms with van der Waals surface area (Å²) in [6.07, 6.45) is 1.73. The van der Waals surface area contributed by atoms with Gasteiger partial charge in [0, 0.05) is 24.5 Å². The lowest BCUT2D eigenvalue weighted by molar-refractivity contribution is 0.608. The third kappa shape index (κ3) is 3.02. The summed E-state index contributed by atoms with van der Waals surface area (Å²) in [7, 11) is 0. The van der Waals surface area contributed by atoms with Crippen molar-refractivity contribution >= 4 is 11.5 Å². The van der Waals surface area contributed by atoms with Crippen LogP contribution in [0.25, 0.3) is 0 Å². The molecule has 3 N–H and O–H groups in total. The van der Waals surface area contributed by atoms with Crippen molar-refractivity contribution < 1.29 is 4.39 Å². The number of rotatable bonds is 3. The van der Waals surface area contributed by atoms with E-state index in [2.05, 4.69) is 10.3 Å². The Kier molecular flexibility index (Phi) is 3.69. The van der Waals surface area contributed by atoms with Crippen LogP contribution in [-0.2, 0) is 6.54 Å². The van der Waals surface area contributed by atoms with E-state index < -0.39 is 0 Å². The molecule has 1 heterocycles. The molecule has 3 nitrogen and oxygen atoms in total. The van der Waals surface area contributed by atoms with E-state index in [1.165, 1.54) is 0 Å². The number of nitrogens with two attached hydrogens (primary N) is 1. The molecule has 2 rings (SSSR count). The van der Waals surface area contributed by atoms with Crippen molar-refractivity contribution in [2.75, 3.05) is 11.1 Å². The molecule has 19 heavy (non-hydrogen) atoms. The summed E-state index contributed by atoms with van der Waals surface area (Å²) < 4.78 is 13.5. The quantitative estimate of drug-likeness (QED) is 0.888.